The number of benzene rings is 2. The van der Waals surface area contributed by atoms with Crippen LogP contribution in [-0.4, -0.2) is 44.1 Å². The molecule has 0 saturated carbocycles. The molecule has 2 aromatic heterocycles. The minimum absolute atomic E-state index is 0.0753. The number of methoxy groups -OCH3 is 1. The molecular formula is C25H19ClF3N5O2S. The Morgan fingerprint density at radius 1 is 1.14 bits per heavy atom. The number of carbonyl (C=O) groups is 1. The van der Waals surface area contributed by atoms with Gasteiger partial charge in [-0.1, -0.05) is 65.8 Å². The maximum Gasteiger partial charge on any atom is 0.417 e. The van der Waals surface area contributed by atoms with Gasteiger partial charge >= 0.3 is 6.18 Å². The Hall–Kier alpha value is -3.57. The monoisotopic (exact) mass is 545 g/mol. The Bertz CT molecular complexity index is 1480. The van der Waals surface area contributed by atoms with Gasteiger partial charge in [0.15, 0.2) is 10.8 Å². The summed E-state index contributed by atoms with van der Waals surface area (Å²) in [6, 6.07) is 17.4. The summed E-state index contributed by atoms with van der Waals surface area (Å²) in [5.74, 6) is 0.244. The van der Waals surface area contributed by atoms with Crippen LogP contribution in [0.2, 0.25) is 5.02 Å². The van der Waals surface area contributed by atoms with E-state index >= 15 is 0 Å². The number of ether oxygens (including phenoxy) is 1. The summed E-state index contributed by atoms with van der Waals surface area (Å²) in [6.45, 7) is 0. The van der Waals surface area contributed by atoms with Gasteiger partial charge in [0, 0.05) is 12.6 Å². The van der Waals surface area contributed by atoms with Crippen LogP contribution >= 0.6 is 23.4 Å². The molecule has 1 aliphatic heterocycles. The summed E-state index contributed by atoms with van der Waals surface area (Å²) in [6.07, 6.45) is -3.22. The van der Waals surface area contributed by atoms with Gasteiger partial charge in [-0.25, -0.2) is 5.01 Å². The second kappa shape index (κ2) is 10.1. The second-order valence-corrected chi connectivity index (χ2v) is 9.53. The zero-order valence-corrected chi connectivity index (χ0v) is 20.9. The van der Waals surface area contributed by atoms with Crippen LogP contribution in [0.25, 0.3) is 5.65 Å². The third-order valence-corrected chi connectivity index (χ3v) is 7.06. The van der Waals surface area contributed by atoms with E-state index in [-0.39, 0.29) is 33.5 Å². The number of amides is 1. The van der Waals surface area contributed by atoms with Gasteiger partial charge in [0.05, 0.1) is 35.2 Å². The first-order valence-electron chi connectivity index (χ1n) is 11.1. The standard InChI is InChI=1S/C25H19ClF3N5O2S/c1-36-18-9-7-16(8-10-18)21-12-20(15-5-3-2-4-6-15)32-34(21)22(35)14-37-24-31-30-23-19(26)11-17(13-33(23)24)25(27,28)29/h2-11,13,21H,12,14H2,1H3/t21-/m0/s1. The van der Waals surface area contributed by atoms with Gasteiger partial charge in [0.25, 0.3) is 5.91 Å². The molecule has 0 N–H and O–H groups in total. The molecule has 4 aromatic rings. The largest absolute Gasteiger partial charge is 0.497 e. The third kappa shape index (κ3) is 5.14. The summed E-state index contributed by atoms with van der Waals surface area (Å²) in [5.41, 5.74) is 1.68. The summed E-state index contributed by atoms with van der Waals surface area (Å²) in [4.78, 5) is 13.4. The van der Waals surface area contributed by atoms with E-state index in [4.69, 9.17) is 16.3 Å². The molecule has 0 fully saturated rings. The van der Waals surface area contributed by atoms with Crippen molar-refractivity contribution >= 4 is 40.6 Å². The van der Waals surface area contributed by atoms with Crippen molar-refractivity contribution in [3.05, 3.63) is 88.6 Å². The number of fused-ring (bicyclic) bond motifs is 1. The molecule has 2 aromatic carbocycles. The van der Waals surface area contributed by atoms with Crippen LogP contribution in [-0.2, 0) is 11.0 Å². The predicted molar refractivity (Wildman–Crippen MR) is 134 cm³/mol. The van der Waals surface area contributed by atoms with E-state index in [1.165, 1.54) is 5.01 Å². The fourth-order valence-electron chi connectivity index (χ4n) is 4.01. The maximum absolute atomic E-state index is 13.4. The summed E-state index contributed by atoms with van der Waals surface area (Å²) in [5, 5.41) is 13.8. The second-order valence-electron chi connectivity index (χ2n) is 8.18. The molecule has 0 unspecified atom stereocenters. The first-order valence-corrected chi connectivity index (χ1v) is 12.4. The Morgan fingerprint density at radius 3 is 2.54 bits per heavy atom. The van der Waals surface area contributed by atoms with Gasteiger partial charge in [-0.3, -0.25) is 9.20 Å². The number of pyridine rings is 1. The van der Waals surface area contributed by atoms with Crippen LogP contribution in [0.1, 0.15) is 29.2 Å². The van der Waals surface area contributed by atoms with Gasteiger partial charge in [-0.2, -0.15) is 18.3 Å². The van der Waals surface area contributed by atoms with Crippen molar-refractivity contribution in [2.45, 2.75) is 23.8 Å². The van der Waals surface area contributed by atoms with E-state index in [9.17, 15) is 18.0 Å². The Kier molecular flexibility index (Phi) is 6.82. The number of rotatable bonds is 6. The van der Waals surface area contributed by atoms with Crippen LogP contribution < -0.4 is 4.74 Å². The third-order valence-electron chi connectivity index (χ3n) is 5.85. The average molecular weight is 546 g/mol. The van der Waals surface area contributed by atoms with Crippen LogP contribution in [0, 0.1) is 0 Å². The van der Waals surface area contributed by atoms with Crippen molar-refractivity contribution < 1.29 is 22.7 Å². The fraction of sp³-hybridized carbons (Fsp3) is 0.200. The van der Waals surface area contributed by atoms with E-state index in [1.54, 1.807) is 7.11 Å². The van der Waals surface area contributed by atoms with Gasteiger partial charge in [-0.05, 0) is 29.3 Å². The minimum atomic E-state index is -4.59. The van der Waals surface area contributed by atoms with E-state index < -0.39 is 11.7 Å². The highest BCUT2D eigenvalue weighted by atomic mass is 35.5. The van der Waals surface area contributed by atoms with Crippen molar-refractivity contribution in [1.82, 2.24) is 19.6 Å². The number of aromatic nitrogens is 3. The fourth-order valence-corrected chi connectivity index (χ4v) is 5.02. The van der Waals surface area contributed by atoms with E-state index in [0.717, 1.165) is 45.3 Å². The molecule has 37 heavy (non-hydrogen) atoms. The van der Waals surface area contributed by atoms with Crippen LogP contribution in [0.3, 0.4) is 0 Å². The number of alkyl halides is 3. The SMILES string of the molecule is COc1ccc([C@@H]2CC(c3ccccc3)=NN2C(=O)CSc2nnc3c(Cl)cc(C(F)(F)F)cn23)cc1. The zero-order chi connectivity index (χ0) is 26.2. The van der Waals surface area contributed by atoms with Crippen molar-refractivity contribution in [2.75, 3.05) is 12.9 Å². The number of thioether (sulfide) groups is 1. The lowest BCUT2D eigenvalue weighted by atomic mass is 9.98. The average Bonchev–Trinajstić information content (AvgIpc) is 3.53. The zero-order valence-electron chi connectivity index (χ0n) is 19.3. The van der Waals surface area contributed by atoms with Crippen LogP contribution in [0.5, 0.6) is 5.75 Å². The Morgan fingerprint density at radius 2 is 1.86 bits per heavy atom. The maximum atomic E-state index is 13.4. The van der Waals surface area contributed by atoms with Crippen molar-refractivity contribution in [3.8, 4) is 5.75 Å². The van der Waals surface area contributed by atoms with Gasteiger partial charge in [0.2, 0.25) is 0 Å². The molecule has 0 saturated heterocycles. The summed E-state index contributed by atoms with van der Waals surface area (Å²) in [7, 11) is 1.58. The lowest BCUT2D eigenvalue weighted by Gasteiger charge is -2.22. The lowest BCUT2D eigenvalue weighted by Crippen LogP contribution is -2.28. The number of carbonyl (C=O) groups excluding carboxylic acids is 1. The summed E-state index contributed by atoms with van der Waals surface area (Å²) >= 11 is 6.96. The quantitative estimate of drug-likeness (QED) is 0.283. The molecule has 12 heteroatoms. The molecule has 1 atom stereocenters. The van der Waals surface area contributed by atoms with Crippen LogP contribution in [0.15, 0.2) is 77.1 Å². The first-order chi connectivity index (χ1) is 17.7. The number of hydrogen-bond donors (Lipinski definition) is 0. The topological polar surface area (TPSA) is 72.1 Å². The smallest absolute Gasteiger partial charge is 0.417 e. The molecule has 3 heterocycles. The van der Waals surface area contributed by atoms with Crippen molar-refractivity contribution in [3.63, 3.8) is 0 Å². The number of hydrogen-bond acceptors (Lipinski definition) is 6. The molecule has 7 nitrogen and oxygen atoms in total. The van der Waals surface area contributed by atoms with Crippen molar-refractivity contribution in [1.29, 1.82) is 0 Å². The number of halogens is 4. The predicted octanol–water partition coefficient (Wildman–Crippen LogP) is 5.88. The highest BCUT2D eigenvalue weighted by molar-refractivity contribution is 7.99. The van der Waals surface area contributed by atoms with E-state index in [0.29, 0.717) is 12.2 Å². The minimum Gasteiger partial charge on any atom is -0.497 e. The van der Waals surface area contributed by atoms with Crippen LogP contribution in [0.4, 0.5) is 13.2 Å². The highest BCUT2D eigenvalue weighted by Crippen LogP contribution is 2.36. The molecule has 5 rings (SSSR count). The Balaban J connectivity index is 1.41. The lowest BCUT2D eigenvalue weighted by molar-refractivity contribution is -0.138. The Labute approximate surface area is 218 Å². The van der Waals surface area contributed by atoms with E-state index in [2.05, 4.69) is 15.3 Å². The van der Waals surface area contributed by atoms with Gasteiger partial charge < -0.3 is 4.74 Å². The molecular weight excluding hydrogens is 527 g/mol. The highest BCUT2D eigenvalue weighted by Gasteiger charge is 2.34. The molecule has 0 radical (unpaired) electrons. The molecule has 1 aliphatic rings. The van der Waals surface area contributed by atoms with Gasteiger partial charge in [0.1, 0.15) is 5.75 Å². The molecule has 0 bridgehead atoms. The van der Waals surface area contributed by atoms with Crippen molar-refractivity contribution in [2.24, 2.45) is 5.10 Å². The van der Waals surface area contributed by atoms with Gasteiger partial charge in [-0.15, -0.1) is 10.2 Å². The van der Waals surface area contributed by atoms with E-state index in [1.807, 2.05) is 54.6 Å². The summed E-state index contributed by atoms with van der Waals surface area (Å²) < 4.78 is 46.2. The number of nitrogens with zero attached hydrogens (tertiary/aromatic N) is 5. The molecule has 1 amide bonds. The molecule has 190 valence electrons. The molecule has 0 aliphatic carbocycles. The molecule has 0 spiro atoms. The normalized spacial score (nSPS) is 15.8. The number of hydrazone groups is 1. The first kappa shape index (κ1) is 25.1.